The Kier molecular flexibility index (Phi) is 12.8. The highest BCUT2D eigenvalue weighted by Crippen LogP contribution is 2.53. The second-order valence-electron chi connectivity index (χ2n) is 25.4. The Morgan fingerprint density at radius 1 is 0.436 bits per heavy atom. The zero-order valence-corrected chi connectivity index (χ0v) is 47.4. The third-order valence-corrected chi connectivity index (χ3v) is 15.5. The number of halogens is 2. The zero-order chi connectivity index (χ0) is 55.2. The number of aryl methyl sites for hydroxylation is 1. The third-order valence-electron chi connectivity index (χ3n) is 15.5. The molecule has 1 aliphatic heterocycles. The molecule has 78 heavy (non-hydrogen) atoms. The van der Waals surface area contributed by atoms with Crippen LogP contribution in [0.25, 0.3) is 61.0 Å². The summed E-state index contributed by atoms with van der Waals surface area (Å²) in [6.07, 6.45) is 1.91. The molecule has 0 unspecified atom stereocenters. The van der Waals surface area contributed by atoms with Gasteiger partial charge in [0.25, 0.3) is 0 Å². The van der Waals surface area contributed by atoms with Crippen LogP contribution >= 0.6 is 0 Å². The fourth-order valence-corrected chi connectivity index (χ4v) is 11.0. The summed E-state index contributed by atoms with van der Waals surface area (Å²) in [5.74, 6) is 0.970. The van der Waals surface area contributed by atoms with Gasteiger partial charge in [-0.25, -0.2) is 13.8 Å². The average molecular weight is 1030 g/mol. The maximum atomic E-state index is 15.7. The molecule has 7 heteroatoms. The quantitative estimate of drug-likeness (QED) is 0.152. The molecule has 10 aromatic rings. The van der Waals surface area contributed by atoms with Crippen molar-refractivity contribution in [3.63, 3.8) is 0 Å². The number of anilines is 4. The molecule has 8 aromatic carbocycles. The molecule has 0 saturated carbocycles. The minimum Gasteiger partial charge on any atom is -0.457 e. The molecular weight excluding hydrogens is 963 g/mol. The monoisotopic (exact) mass is 1030 g/mol. The Balaban J connectivity index is 1.11. The van der Waals surface area contributed by atoms with Gasteiger partial charge in [-0.2, -0.15) is 0 Å². The van der Waals surface area contributed by atoms with Gasteiger partial charge in [-0.05, 0) is 158 Å². The summed E-state index contributed by atoms with van der Waals surface area (Å²) >= 11 is 0. The van der Waals surface area contributed by atoms with Gasteiger partial charge >= 0.3 is 0 Å². The third kappa shape index (κ3) is 9.84. The number of pyridine rings is 1. The van der Waals surface area contributed by atoms with E-state index in [1.54, 1.807) is 0 Å². The van der Waals surface area contributed by atoms with E-state index < -0.39 is 11.6 Å². The molecule has 11 rings (SSSR count). The first-order chi connectivity index (χ1) is 36.9. The molecule has 0 amide bonds. The van der Waals surface area contributed by atoms with Gasteiger partial charge in [0.15, 0.2) is 0 Å². The first kappa shape index (κ1) is 52.0. The van der Waals surface area contributed by atoms with Crippen LogP contribution in [0.15, 0.2) is 176 Å². The molecule has 394 valence electrons. The van der Waals surface area contributed by atoms with E-state index >= 15 is 8.78 Å². The van der Waals surface area contributed by atoms with Crippen LogP contribution in [-0.2, 0) is 21.7 Å². The molecular formula is C71H70F2N4O. The maximum absolute atomic E-state index is 15.7. The number of hydrogen-bond acceptors (Lipinski definition) is 4. The molecule has 3 heterocycles. The zero-order valence-electron chi connectivity index (χ0n) is 47.4. The first-order valence-electron chi connectivity index (χ1n) is 27.2. The van der Waals surface area contributed by atoms with Gasteiger partial charge in [-0.1, -0.05) is 156 Å². The van der Waals surface area contributed by atoms with Crippen molar-refractivity contribution in [2.24, 2.45) is 0 Å². The largest absolute Gasteiger partial charge is 0.457 e. The van der Waals surface area contributed by atoms with Crippen molar-refractivity contribution in [3.8, 4) is 50.7 Å². The van der Waals surface area contributed by atoms with Gasteiger partial charge < -0.3 is 14.5 Å². The van der Waals surface area contributed by atoms with Gasteiger partial charge in [0.2, 0.25) is 0 Å². The number of benzene rings is 8. The van der Waals surface area contributed by atoms with Crippen LogP contribution < -0.4 is 14.5 Å². The van der Waals surface area contributed by atoms with Crippen LogP contribution in [-0.4, -0.2) is 16.2 Å². The van der Waals surface area contributed by atoms with E-state index in [0.29, 0.717) is 23.7 Å². The van der Waals surface area contributed by atoms with Gasteiger partial charge in [-0.3, -0.25) is 4.57 Å². The van der Waals surface area contributed by atoms with E-state index in [9.17, 15) is 0 Å². The molecule has 5 nitrogen and oxygen atoms in total. The second-order valence-corrected chi connectivity index (χ2v) is 25.4. The molecule has 0 atom stereocenters. The number of aromatic nitrogens is 2. The van der Waals surface area contributed by atoms with Crippen LogP contribution in [0, 0.1) is 18.6 Å². The summed E-state index contributed by atoms with van der Waals surface area (Å²) in [6.45, 7) is 29.3. The summed E-state index contributed by atoms with van der Waals surface area (Å²) in [7, 11) is 0. The normalized spacial score (nSPS) is 13.2. The van der Waals surface area contributed by atoms with Crippen molar-refractivity contribution in [3.05, 3.63) is 216 Å². The Morgan fingerprint density at radius 3 is 1.63 bits per heavy atom. The number of para-hydroxylation sites is 3. The van der Waals surface area contributed by atoms with E-state index in [2.05, 4.69) is 256 Å². The minimum absolute atomic E-state index is 0.0617. The summed E-state index contributed by atoms with van der Waals surface area (Å²) in [5.41, 5.74) is 16.3. The lowest BCUT2D eigenvalue weighted by Gasteiger charge is -2.32. The Hall–Kier alpha value is -8.03. The summed E-state index contributed by atoms with van der Waals surface area (Å²) in [5, 5.41) is 2.25. The van der Waals surface area contributed by atoms with Gasteiger partial charge in [-0.15, -0.1) is 0 Å². The first-order valence-corrected chi connectivity index (χ1v) is 27.2. The number of rotatable bonds is 8. The second kappa shape index (κ2) is 19.2. The standard InChI is InChI=1S/C71H70F2N4O/c1-44-20-14-15-21-57(44)47-34-54(41-56(35-47)78-55-26-27-59-58-22-16-17-23-62(58)77(65(59)42-55)66-39-48(28-29-74-66)68(2,3)4)75-43-76(64-25-19-18-24-63(64)75)67-60(45-30-49(69(5,6)7)36-50(31-45)70(8,9)10)37-51(71(11,12)13)38-61(67)46-32-52(72)40-53(73)33-46/h14-42H,43H2,1-13H3. The predicted molar refractivity (Wildman–Crippen MR) is 323 cm³/mol. The highest BCUT2D eigenvalue weighted by Gasteiger charge is 2.34. The molecule has 0 spiro atoms. The lowest BCUT2D eigenvalue weighted by Crippen LogP contribution is -2.25. The van der Waals surface area contributed by atoms with E-state index in [4.69, 9.17) is 9.72 Å². The highest BCUT2D eigenvalue weighted by molar-refractivity contribution is 6.09. The molecule has 0 N–H and O–H groups in total. The molecule has 0 saturated heterocycles. The fraction of sp³-hybridized carbons (Fsp3) is 0.254. The SMILES string of the molecule is Cc1ccccc1-c1cc(Oc2ccc3c4ccccc4n(-c4cc(C(C)(C)C)ccn4)c3c2)cc(N2CN(c3c(-c4cc(F)cc(F)c4)cc(C(C)(C)C)cc3-c3cc(C(C)(C)C)cc(C(C)(C)C)c3)c3ccccc32)c1. The number of hydrogen-bond donors (Lipinski definition) is 0. The van der Waals surface area contributed by atoms with E-state index in [-0.39, 0.29) is 21.7 Å². The van der Waals surface area contributed by atoms with Gasteiger partial charge in [0, 0.05) is 52.0 Å². The molecule has 0 aliphatic carbocycles. The molecule has 0 fully saturated rings. The minimum atomic E-state index is -0.626. The van der Waals surface area contributed by atoms with Crippen LogP contribution in [0.1, 0.15) is 111 Å². The number of ether oxygens (including phenoxy) is 1. The fourth-order valence-electron chi connectivity index (χ4n) is 11.0. The number of fused-ring (bicyclic) bond motifs is 4. The topological polar surface area (TPSA) is 33.5 Å². The number of nitrogens with zero attached hydrogens (tertiary/aromatic N) is 4. The molecule has 1 aliphatic rings. The van der Waals surface area contributed by atoms with E-state index in [1.807, 2.05) is 6.20 Å². The Labute approximate surface area is 459 Å². The highest BCUT2D eigenvalue weighted by atomic mass is 19.1. The maximum Gasteiger partial charge on any atom is 0.137 e. The lowest BCUT2D eigenvalue weighted by atomic mass is 9.77. The summed E-state index contributed by atoms with van der Waals surface area (Å²) in [6, 6.07) is 57.9. The van der Waals surface area contributed by atoms with Crippen molar-refractivity contribution in [2.75, 3.05) is 16.5 Å². The van der Waals surface area contributed by atoms with Crippen molar-refractivity contribution < 1.29 is 13.5 Å². The molecule has 0 radical (unpaired) electrons. The Morgan fingerprint density at radius 2 is 0.987 bits per heavy atom. The van der Waals surface area contributed by atoms with Crippen molar-refractivity contribution in [2.45, 2.75) is 112 Å². The molecule has 0 bridgehead atoms. The Bertz CT molecular complexity index is 3920. The van der Waals surface area contributed by atoms with Crippen molar-refractivity contribution in [1.29, 1.82) is 0 Å². The van der Waals surface area contributed by atoms with Crippen LogP contribution in [0.5, 0.6) is 11.5 Å². The van der Waals surface area contributed by atoms with Gasteiger partial charge in [0.05, 0.1) is 28.1 Å². The summed E-state index contributed by atoms with van der Waals surface area (Å²) < 4.78 is 40.7. The van der Waals surface area contributed by atoms with Crippen molar-refractivity contribution in [1.82, 2.24) is 9.55 Å². The van der Waals surface area contributed by atoms with E-state index in [0.717, 1.165) is 95.4 Å². The van der Waals surface area contributed by atoms with Crippen LogP contribution in [0.2, 0.25) is 0 Å². The van der Waals surface area contributed by atoms with Gasteiger partial charge in [0.1, 0.15) is 35.6 Å². The summed E-state index contributed by atoms with van der Waals surface area (Å²) in [4.78, 5) is 9.61. The van der Waals surface area contributed by atoms with Crippen LogP contribution in [0.4, 0.5) is 31.5 Å². The van der Waals surface area contributed by atoms with Crippen LogP contribution in [0.3, 0.4) is 0 Å². The predicted octanol–water partition coefficient (Wildman–Crippen LogP) is 20.0. The van der Waals surface area contributed by atoms with Crippen molar-refractivity contribution >= 4 is 44.6 Å². The average Bonchev–Trinajstić information content (AvgIpc) is 4.16. The van der Waals surface area contributed by atoms with E-state index in [1.165, 1.54) is 28.8 Å². The molecule has 2 aromatic heterocycles. The smallest absolute Gasteiger partial charge is 0.137 e. The lowest BCUT2D eigenvalue weighted by molar-refractivity contribution is 0.483.